The van der Waals surface area contributed by atoms with Gasteiger partial charge in [-0.2, -0.15) is 4.98 Å². The monoisotopic (exact) mass is 457 g/mol. The zero-order valence-corrected chi connectivity index (χ0v) is 17.6. The van der Waals surface area contributed by atoms with E-state index in [1.807, 2.05) is 30.4 Å². The van der Waals surface area contributed by atoms with Gasteiger partial charge >= 0.3 is 5.69 Å². The molecule has 4 N–H and O–H groups in total. The molecule has 0 saturated carbocycles. The van der Waals surface area contributed by atoms with Crippen LogP contribution >= 0.6 is 15.9 Å². The number of nitrogens with one attached hydrogen (secondary N) is 2. The number of rotatable bonds is 9. The molecule has 1 aromatic carbocycles. The molecular formula is C21H24BrN5O2. The maximum Gasteiger partial charge on any atom is 0.354 e. The number of halogens is 1. The lowest BCUT2D eigenvalue weighted by Crippen LogP contribution is -2.24. The molecule has 0 unspecified atom stereocenters. The predicted molar refractivity (Wildman–Crippen MR) is 121 cm³/mol. The van der Waals surface area contributed by atoms with Gasteiger partial charge in [0.25, 0.3) is 0 Å². The van der Waals surface area contributed by atoms with Crippen molar-refractivity contribution in [1.82, 2.24) is 14.9 Å². The van der Waals surface area contributed by atoms with Gasteiger partial charge in [0.2, 0.25) is 0 Å². The van der Waals surface area contributed by atoms with Gasteiger partial charge in [-0.1, -0.05) is 34.7 Å². The quantitative estimate of drug-likeness (QED) is 0.334. The van der Waals surface area contributed by atoms with E-state index in [1.54, 1.807) is 18.3 Å². The highest BCUT2D eigenvalue weighted by Crippen LogP contribution is 2.41. The van der Waals surface area contributed by atoms with E-state index in [9.17, 15) is 4.79 Å². The van der Waals surface area contributed by atoms with Crippen molar-refractivity contribution in [1.29, 1.82) is 0 Å². The first-order chi connectivity index (χ1) is 14.1. The van der Waals surface area contributed by atoms with Crippen LogP contribution in [0.1, 0.15) is 12.8 Å². The summed E-state index contributed by atoms with van der Waals surface area (Å²) >= 11 is 3.44. The van der Waals surface area contributed by atoms with Crippen LogP contribution in [0.4, 0.5) is 11.5 Å². The van der Waals surface area contributed by atoms with E-state index in [1.165, 1.54) is 4.57 Å². The number of allylic oxidation sites excluding steroid dienone is 4. The number of nitrogens with zero attached hydrogens (tertiary/aromatic N) is 2. The van der Waals surface area contributed by atoms with E-state index < -0.39 is 5.69 Å². The molecule has 7 nitrogen and oxygen atoms in total. The van der Waals surface area contributed by atoms with E-state index in [-0.39, 0.29) is 0 Å². The van der Waals surface area contributed by atoms with Crippen molar-refractivity contribution in [2.24, 2.45) is 5.73 Å². The summed E-state index contributed by atoms with van der Waals surface area (Å²) in [5.41, 5.74) is 6.49. The largest absolute Gasteiger partial charge is 0.450 e. The Morgan fingerprint density at radius 3 is 3.03 bits per heavy atom. The van der Waals surface area contributed by atoms with Crippen molar-refractivity contribution >= 4 is 33.1 Å². The third kappa shape index (κ3) is 5.44. The number of anilines is 2. The highest BCUT2D eigenvalue weighted by atomic mass is 79.9. The van der Waals surface area contributed by atoms with Crippen LogP contribution in [0.2, 0.25) is 0 Å². The summed E-state index contributed by atoms with van der Waals surface area (Å²) in [5.74, 6) is 1.53. The van der Waals surface area contributed by atoms with Gasteiger partial charge in [-0.25, -0.2) is 4.79 Å². The fraction of sp³-hybridized carbons (Fsp3) is 0.238. The van der Waals surface area contributed by atoms with Crippen LogP contribution in [-0.4, -0.2) is 29.2 Å². The lowest BCUT2D eigenvalue weighted by atomic mass is 10.2. The van der Waals surface area contributed by atoms with Crippen molar-refractivity contribution in [3.8, 4) is 11.5 Å². The Bertz CT molecular complexity index is 997. The van der Waals surface area contributed by atoms with Crippen molar-refractivity contribution < 1.29 is 4.74 Å². The first-order valence-corrected chi connectivity index (χ1v) is 10.2. The Hall–Kier alpha value is -2.68. The molecule has 1 aromatic heterocycles. The second-order valence-electron chi connectivity index (χ2n) is 6.38. The highest BCUT2D eigenvalue weighted by Gasteiger charge is 2.20. The third-order valence-electron chi connectivity index (χ3n) is 4.21. The van der Waals surface area contributed by atoms with Crippen molar-refractivity contribution in [3.05, 3.63) is 70.2 Å². The maximum atomic E-state index is 12.6. The second-order valence-corrected chi connectivity index (χ2v) is 7.30. The molecular weight excluding hydrogens is 434 g/mol. The molecule has 0 radical (unpaired) electrons. The van der Waals surface area contributed by atoms with Crippen LogP contribution in [-0.2, 0) is 0 Å². The normalized spacial score (nSPS) is 12.8. The number of aromatic nitrogens is 2. The molecule has 3 rings (SSSR count). The summed E-state index contributed by atoms with van der Waals surface area (Å²) in [5, 5.41) is 6.45. The molecule has 0 bridgehead atoms. The van der Waals surface area contributed by atoms with Gasteiger partial charge in [-0.15, -0.1) is 0 Å². The second kappa shape index (κ2) is 10.2. The molecule has 0 amide bonds. The van der Waals surface area contributed by atoms with Gasteiger partial charge in [-0.3, -0.25) is 4.57 Å². The lowest BCUT2D eigenvalue weighted by molar-refractivity contribution is 0.472. The van der Waals surface area contributed by atoms with Crippen molar-refractivity contribution in [3.63, 3.8) is 0 Å². The van der Waals surface area contributed by atoms with Crippen LogP contribution in [0.3, 0.4) is 0 Å². The van der Waals surface area contributed by atoms with Gasteiger partial charge in [0.1, 0.15) is 0 Å². The molecule has 0 spiro atoms. The Labute approximate surface area is 178 Å². The molecule has 0 aliphatic carbocycles. The van der Waals surface area contributed by atoms with Gasteiger partial charge in [0.05, 0.1) is 11.9 Å². The number of hydrogen-bond donors (Lipinski definition) is 3. The number of benzene rings is 1. The summed E-state index contributed by atoms with van der Waals surface area (Å²) in [6.45, 7) is 6.16. The molecule has 1 aliphatic heterocycles. The van der Waals surface area contributed by atoms with E-state index in [0.717, 1.165) is 36.1 Å². The Kier molecular flexibility index (Phi) is 7.40. The summed E-state index contributed by atoms with van der Waals surface area (Å²) < 4.78 is 8.30. The smallest absolute Gasteiger partial charge is 0.354 e. The van der Waals surface area contributed by atoms with Crippen molar-refractivity contribution in [2.75, 3.05) is 25.0 Å². The van der Waals surface area contributed by atoms with Gasteiger partial charge in [0, 0.05) is 10.2 Å². The average molecular weight is 458 g/mol. The van der Waals surface area contributed by atoms with E-state index in [2.05, 4.69) is 38.1 Å². The summed E-state index contributed by atoms with van der Waals surface area (Å²) in [4.78, 5) is 16.7. The van der Waals surface area contributed by atoms with Crippen LogP contribution in [0, 0.1) is 0 Å². The molecule has 0 atom stereocenters. The van der Waals surface area contributed by atoms with Crippen LogP contribution in [0.5, 0.6) is 11.5 Å². The Balaban J connectivity index is 1.78. The molecule has 8 heteroatoms. The molecule has 29 heavy (non-hydrogen) atoms. The number of hydrogen-bond acceptors (Lipinski definition) is 6. The Morgan fingerprint density at radius 1 is 1.38 bits per heavy atom. The molecule has 2 aromatic rings. The minimum Gasteiger partial charge on any atom is -0.450 e. The van der Waals surface area contributed by atoms with Gasteiger partial charge < -0.3 is 21.1 Å². The number of nitrogens with two attached hydrogens (primary N) is 1. The minimum absolute atomic E-state index is 0.395. The fourth-order valence-corrected chi connectivity index (χ4v) is 3.14. The highest BCUT2D eigenvalue weighted by molar-refractivity contribution is 9.10. The summed E-state index contributed by atoms with van der Waals surface area (Å²) in [7, 11) is 0. The number of ether oxygens (including phenoxy) is 1. The summed E-state index contributed by atoms with van der Waals surface area (Å²) in [6, 6.07) is 5.61. The first kappa shape index (κ1) is 21.0. The molecule has 152 valence electrons. The topological polar surface area (TPSA) is 94.2 Å². The summed E-state index contributed by atoms with van der Waals surface area (Å²) in [6.07, 6.45) is 10.7. The standard InChI is InChI=1S/C21H24BrN5O2/c1-2-6-16(7-3-4-11-24-12-5-10-23)27-14-19-20(26-21(27)28)25-17-9-8-15(22)13-18(17)29-19/h2-3,6-9,13-14,24H,1,4-5,10-12,23H2,(H,25,26,28)/b7-3-,16-6+. The van der Waals surface area contributed by atoms with Crippen LogP contribution in [0.25, 0.3) is 5.70 Å². The van der Waals surface area contributed by atoms with E-state index >= 15 is 0 Å². The first-order valence-electron chi connectivity index (χ1n) is 9.41. The molecule has 0 fully saturated rings. The van der Waals surface area contributed by atoms with E-state index in [0.29, 0.717) is 29.6 Å². The molecule has 1 aliphatic rings. The van der Waals surface area contributed by atoms with E-state index in [4.69, 9.17) is 10.5 Å². The van der Waals surface area contributed by atoms with Crippen LogP contribution in [0.15, 0.2) is 64.5 Å². The third-order valence-corrected chi connectivity index (χ3v) is 4.70. The van der Waals surface area contributed by atoms with Gasteiger partial charge in [-0.05, 0) is 62.8 Å². The SMILES string of the molecule is C=C/C=C(\C=C/CCNCCCN)n1cc2c(nc1=O)Nc1ccc(Br)cc1O2. The van der Waals surface area contributed by atoms with Gasteiger partial charge in [0.15, 0.2) is 17.3 Å². The predicted octanol–water partition coefficient (Wildman–Crippen LogP) is 3.77. The maximum absolute atomic E-state index is 12.6. The van der Waals surface area contributed by atoms with Crippen LogP contribution < -0.4 is 26.8 Å². The van der Waals surface area contributed by atoms with Crippen molar-refractivity contribution in [2.45, 2.75) is 12.8 Å². The minimum atomic E-state index is -0.403. The average Bonchev–Trinajstić information content (AvgIpc) is 2.70. The fourth-order valence-electron chi connectivity index (χ4n) is 2.80. The zero-order chi connectivity index (χ0) is 20.6. The molecule has 2 heterocycles. The number of fused-ring (bicyclic) bond motifs is 2. The zero-order valence-electron chi connectivity index (χ0n) is 16.0. The lowest BCUT2D eigenvalue weighted by Gasteiger charge is -2.21. The Morgan fingerprint density at radius 2 is 2.24 bits per heavy atom. The molecule has 0 saturated heterocycles.